The Morgan fingerprint density at radius 2 is 1.90 bits per heavy atom. The summed E-state index contributed by atoms with van der Waals surface area (Å²) in [6.45, 7) is 0.237. The van der Waals surface area contributed by atoms with Crippen molar-refractivity contribution in [2.75, 3.05) is 12.8 Å². The first-order valence-electron chi connectivity index (χ1n) is 5.89. The fraction of sp³-hybridized carbons (Fsp3) is 0.143. The van der Waals surface area contributed by atoms with E-state index in [2.05, 4.69) is 4.98 Å². The quantitative estimate of drug-likeness (QED) is 0.935. The van der Waals surface area contributed by atoms with Gasteiger partial charge in [0.25, 0.3) is 5.91 Å². The van der Waals surface area contributed by atoms with Crippen LogP contribution in [-0.2, 0) is 6.54 Å². The highest BCUT2D eigenvalue weighted by Crippen LogP contribution is 2.15. The summed E-state index contributed by atoms with van der Waals surface area (Å²) in [6.07, 6.45) is 1.28. The summed E-state index contributed by atoms with van der Waals surface area (Å²) >= 11 is 0. The molecule has 0 saturated carbocycles. The number of carbonyl (C=O) groups excluding carboxylic acids is 1. The highest BCUT2D eigenvalue weighted by Gasteiger charge is 2.18. The normalized spacial score (nSPS) is 10.3. The number of pyridine rings is 1. The van der Waals surface area contributed by atoms with Crippen molar-refractivity contribution in [1.29, 1.82) is 0 Å². The maximum Gasteiger partial charge on any atom is 0.257 e. The predicted molar refractivity (Wildman–Crippen MR) is 70.8 cm³/mol. The molecule has 0 saturated heterocycles. The molecule has 0 unspecified atom stereocenters. The van der Waals surface area contributed by atoms with Crippen molar-refractivity contribution in [1.82, 2.24) is 9.88 Å². The van der Waals surface area contributed by atoms with E-state index in [9.17, 15) is 13.6 Å². The van der Waals surface area contributed by atoms with Gasteiger partial charge in [0, 0.05) is 19.8 Å². The molecule has 2 N–H and O–H groups in total. The molecule has 0 spiro atoms. The number of rotatable bonds is 3. The number of anilines is 1. The molecule has 2 aromatic rings. The fourth-order valence-electron chi connectivity index (χ4n) is 1.77. The van der Waals surface area contributed by atoms with Crippen LogP contribution < -0.4 is 5.73 Å². The third kappa shape index (κ3) is 2.90. The van der Waals surface area contributed by atoms with Crippen LogP contribution in [0.1, 0.15) is 15.9 Å². The fourth-order valence-corrected chi connectivity index (χ4v) is 1.77. The topological polar surface area (TPSA) is 59.2 Å². The van der Waals surface area contributed by atoms with E-state index >= 15 is 0 Å². The number of hydrogen-bond donors (Lipinski definition) is 1. The van der Waals surface area contributed by atoms with Gasteiger partial charge in [0.2, 0.25) is 0 Å². The first-order valence-corrected chi connectivity index (χ1v) is 5.89. The van der Waals surface area contributed by atoms with Gasteiger partial charge < -0.3 is 10.6 Å². The smallest absolute Gasteiger partial charge is 0.257 e. The second kappa shape index (κ2) is 5.64. The second-order valence-electron chi connectivity index (χ2n) is 4.35. The number of nitrogen functional groups attached to an aromatic ring is 1. The highest BCUT2D eigenvalue weighted by molar-refractivity contribution is 5.94. The molecule has 1 heterocycles. The standard InChI is InChI=1S/C14H13F2N3O/c1-19(8-9-2-4-10(15)5-3-9)14(20)11-6-7-18-13(17)12(11)16/h2-7H,8H2,1H3,(H2,17,18). The van der Waals surface area contributed by atoms with Crippen molar-refractivity contribution in [3.05, 3.63) is 59.3 Å². The lowest BCUT2D eigenvalue weighted by Crippen LogP contribution is -2.27. The zero-order chi connectivity index (χ0) is 14.7. The minimum Gasteiger partial charge on any atom is -0.381 e. The van der Waals surface area contributed by atoms with E-state index in [4.69, 9.17) is 5.73 Å². The number of carbonyl (C=O) groups is 1. The average Bonchev–Trinajstić information content (AvgIpc) is 2.43. The van der Waals surface area contributed by atoms with Crippen molar-refractivity contribution >= 4 is 11.7 Å². The van der Waals surface area contributed by atoms with E-state index in [1.165, 1.54) is 36.3 Å². The Labute approximate surface area is 114 Å². The van der Waals surface area contributed by atoms with Crippen LogP contribution in [0.5, 0.6) is 0 Å². The Kier molecular flexibility index (Phi) is 3.93. The van der Waals surface area contributed by atoms with Gasteiger partial charge in [-0.2, -0.15) is 0 Å². The number of amides is 1. The predicted octanol–water partition coefficient (Wildman–Crippen LogP) is 2.21. The van der Waals surface area contributed by atoms with Gasteiger partial charge in [0.1, 0.15) is 5.82 Å². The van der Waals surface area contributed by atoms with Gasteiger partial charge in [-0.15, -0.1) is 0 Å². The minimum absolute atomic E-state index is 0.137. The molecule has 0 radical (unpaired) electrons. The molecular weight excluding hydrogens is 264 g/mol. The van der Waals surface area contributed by atoms with Crippen LogP contribution in [0, 0.1) is 11.6 Å². The number of aromatic nitrogens is 1. The van der Waals surface area contributed by atoms with Crippen molar-refractivity contribution in [2.45, 2.75) is 6.54 Å². The van der Waals surface area contributed by atoms with Crippen LogP contribution in [0.25, 0.3) is 0 Å². The maximum atomic E-state index is 13.7. The Morgan fingerprint density at radius 1 is 1.25 bits per heavy atom. The van der Waals surface area contributed by atoms with Crippen LogP contribution in [0.4, 0.5) is 14.6 Å². The summed E-state index contributed by atoms with van der Waals surface area (Å²) < 4.78 is 26.5. The molecule has 2 rings (SSSR count). The molecule has 6 heteroatoms. The van der Waals surface area contributed by atoms with Gasteiger partial charge >= 0.3 is 0 Å². The van der Waals surface area contributed by atoms with Crippen molar-refractivity contribution in [2.24, 2.45) is 0 Å². The molecular formula is C14H13F2N3O. The van der Waals surface area contributed by atoms with E-state index in [0.29, 0.717) is 0 Å². The molecule has 0 aliphatic rings. The summed E-state index contributed by atoms with van der Waals surface area (Å²) in [4.78, 5) is 17.0. The van der Waals surface area contributed by atoms with Crippen LogP contribution in [0.15, 0.2) is 36.5 Å². The second-order valence-corrected chi connectivity index (χ2v) is 4.35. The summed E-state index contributed by atoms with van der Waals surface area (Å²) in [5, 5.41) is 0. The minimum atomic E-state index is -0.830. The van der Waals surface area contributed by atoms with Gasteiger partial charge in [-0.1, -0.05) is 12.1 Å². The van der Waals surface area contributed by atoms with E-state index in [1.54, 1.807) is 12.1 Å². The third-order valence-electron chi connectivity index (χ3n) is 2.83. The SMILES string of the molecule is CN(Cc1ccc(F)cc1)C(=O)c1ccnc(N)c1F. The molecule has 0 aliphatic carbocycles. The molecule has 0 aliphatic heterocycles. The van der Waals surface area contributed by atoms with E-state index in [-0.39, 0.29) is 23.7 Å². The maximum absolute atomic E-state index is 13.7. The Bertz CT molecular complexity index is 629. The number of nitrogens with zero attached hydrogens (tertiary/aromatic N) is 2. The van der Waals surface area contributed by atoms with Crippen LogP contribution in [0.3, 0.4) is 0 Å². The molecule has 1 aromatic carbocycles. The molecule has 0 bridgehead atoms. The number of hydrogen-bond acceptors (Lipinski definition) is 3. The molecule has 20 heavy (non-hydrogen) atoms. The van der Waals surface area contributed by atoms with Crippen molar-refractivity contribution in [3.63, 3.8) is 0 Å². The molecule has 0 fully saturated rings. The Hall–Kier alpha value is -2.50. The number of benzene rings is 1. The summed E-state index contributed by atoms with van der Waals surface area (Å²) in [5.41, 5.74) is 5.93. The molecule has 0 atom stereocenters. The molecule has 4 nitrogen and oxygen atoms in total. The van der Waals surface area contributed by atoms with E-state index in [1.807, 2.05) is 0 Å². The van der Waals surface area contributed by atoms with Crippen LogP contribution in [-0.4, -0.2) is 22.8 Å². The highest BCUT2D eigenvalue weighted by atomic mass is 19.1. The lowest BCUT2D eigenvalue weighted by Gasteiger charge is -2.17. The van der Waals surface area contributed by atoms with E-state index in [0.717, 1.165) is 5.56 Å². The van der Waals surface area contributed by atoms with Gasteiger partial charge in [-0.3, -0.25) is 4.79 Å². The zero-order valence-corrected chi connectivity index (χ0v) is 10.8. The van der Waals surface area contributed by atoms with Crippen LogP contribution >= 0.6 is 0 Å². The number of halogens is 2. The molecule has 1 aromatic heterocycles. The first-order chi connectivity index (χ1) is 9.49. The van der Waals surface area contributed by atoms with Crippen LogP contribution in [0.2, 0.25) is 0 Å². The van der Waals surface area contributed by atoms with E-state index < -0.39 is 11.7 Å². The first kappa shape index (κ1) is 13.9. The van der Waals surface area contributed by atoms with Gasteiger partial charge in [-0.05, 0) is 23.8 Å². The van der Waals surface area contributed by atoms with Crippen molar-refractivity contribution in [3.8, 4) is 0 Å². The summed E-state index contributed by atoms with van der Waals surface area (Å²) in [5.74, 6) is -2.01. The number of nitrogens with two attached hydrogens (primary N) is 1. The zero-order valence-electron chi connectivity index (χ0n) is 10.8. The van der Waals surface area contributed by atoms with Gasteiger partial charge in [0.15, 0.2) is 11.6 Å². The Balaban J connectivity index is 2.16. The average molecular weight is 277 g/mol. The van der Waals surface area contributed by atoms with Gasteiger partial charge in [0.05, 0.1) is 5.56 Å². The molecule has 104 valence electrons. The van der Waals surface area contributed by atoms with Gasteiger partial charge in [-0.25, -0.2) is 13.8 Å². The summed E-state index contributed by atoms with van der Waals surface area (Å²) in [6, 6.07) is 7.01. The monoisotopic (exact) mass is 277 g/mol. The molecule has 1 amide bonds. The summed E-state index contributed by atoms with van der Waals surface area (Å²) in [7, 11) is 1.53. The largest absolute Gasteiger partial charge is 0.381 e. The Morgan fingerprint density at radius 3 is 2.55 bits per heavy atom. The lowest BCUT2D eigenvalue weighted by atomic mass is 10.2. The lowest BCUT2D eigenvalue weighted by molar-refractivity contribution is 0.0780. The van der Waals surface area contributed by atoms with Crippen molar-refractivity contribution < 1.29 is 13.6 Å². The third-order valence-corrected chi connectivity index (χ3v) is 2.83.